The van der Waals surface area contributed by atoms with Crippen LogP contribution in [0.4, 0.5) is 5.69 Å². The maximum absolute atomic E-state index is 11.7. The van der Waals surface area contributed by atoms with Crippen molar-refractivity contribution in [1.29, 1.82) is 0 Å². The smallest absolute Gasteiger partial charge is 0.305 e. The number of nitrogens with two attached hydrogens (primary N) is 1. The number of aliphatic carboxylic acids is 1. The fourth-order valence-corrected chi connectivity index (χ4v) is 1.60. The Bertz CT molecular complexity index is 462. The number of carboxylic acid groups (broad SMARTS) is 1. The van der Waals surface area contributed by atoms with Crippen molar-refractivity contribution in [2.24, 2.45) is 0 Å². The zero-order valence-corrected chi connectivity index (χ0v) is 11.5. The number of rotatable bonds is 8. The quantitative estimate of drug-likeness (QED) is 0.554. The lowest BCUT2D eigenvalue weighted by atomic mass is 10.2. The number of hydrogen-bond acceptors (Lipinski definition) is 4. The molecule has 1 aromatic rings. The highest BCUT2D eigenvalue weighted by Crippen LogP contribution is 2.19. The molecule has 6 nitrogen and oxygen atoms in total. The Morgan fingerprint density at radius 3 is 2.65 bits per heavy atom. The van der Waals surface area contributed by atoms with Crippen LogP contribution in [-0.4, -0.2) is 42.1 Å². The van der Waals surface area contributed by atoms with Gasteiger partial charge >= 0.3 is 5.97 Å². The zero-order chi connectivity index (χ0) is 15.0. The minimum absolute atomic E-state index is 0.0424. The average Bonchev–Trinajstić information content (AvgIpc) is 2.42. The van der Waals surface area contributed by atoms with E-state index in [4.69, 9.17) is 15.6 Å². The highest BCUT2D eigenvalue weighted by atomic mass is 16.5. The zero-order valence-electron chi connectivity index (χ0n) is 11.5. The number of carbonyl (C=O) groups excluding carboxylic acids is 1. The molecule has 20 heavy (non-hydrogen) atoms. The van der Waals surface area contributed by atoms with E-state index in [1.54, 1.807) is 19.2 Å². The first-order valence-electron chi connectivity index (χ1n) is 6.43. The normalized spacial score (nSPS) is 10.1. The van der Waals surface area contributed by atoms with Crippen molar-refractivity contribution in [1.82, 2.24) is 4.90 Å². The van der Waals surface area contributed by atoms with E-state index in [2.05, 4.69) is 0 Å². The summed E-state index contributed by atoms with van der Waals surface area (Å²) < 4.78 is 5.48. The number of benzene rings is 1. The van der Waals surface area contributed by atoms with Crippen molar-refractivity contribution < 1.29 is 19.4 Å². The van der Waals surface area contributed by atoms with E-state index in [1.165, 1.54) is 4.90 Å². The van der Waals surface area contributed by atoms with Crippen molar-refractivity contribution >= 4 is 17.6 Å². The molecule has 0 spiro atoms. The van der Waals surface area contributed by atoms with Gasteiger partial charge in [0.1, 0.15) is 5.75 Å². The number of nitrogen functional groups attached to an aromatic ring is 1. The van der Waals surface area contributed by atoms with Crippen molar-refractivity contribution in [2.45, 2.75) is 19.3 Å². The van der Waals surface area contributed by atoms with Gasteiger partial charge in [-0.2, -0.15) is 0 Å². The molecular formula is C14H20N2O4. The molecule has 1 aromatic carbocycles. The molecule has 0 saturated heterocycles. The lowest BCUT2D eigenvalue weighted by molar-refractivity contribution is -0.138. The van der Waals surface area contributed by atoms with Gasteiger partial charge in [0.15, 0.2) is 0 Å². The number of anilines is 1. The molecule has 0 aliphatic carbocycles. The maximum atomic E-state index is 11.7. The molecule has 3 N–H and O–H groups in total. The molecule has 0 fully saturated rings. The van der Waals surface area contributed by atoms with Gasteiger partial charge in [-0.25, -0.2) is 0 Å². The Morgan fingerprint density at radius 2 is 2.00 bits per heavy atom. The molecule has 6 heteroatoms. The topological polar surface area (TPSA) is 92.9 Å². The monoisotopic (exact) mass is 280 g/mol. The first-order chi connectivity index (χ1) is 9.50. The summed E-state index contributed by atoms with van der Waals surface area (Å²) in [6, 6.07) is 7.18. The molecule has 0 radical (unpaired) electrons. The second kappa shape index (κ2) is 8.04. The van der Waals surface area contributed by atoms with Crippen molar-refractivity contribution in [3.63, 3.8) is 0 Å². The predicted octanol–water partition coefficient (Wildman–Crippen LogP) is 1.36. The summed E-state index contributed by atoms with van der Waals surface area (Å²) in [4.78, 5) is 23.5. The van der Waals surface area contributed by atoms with E-state index in [0.717, 1.165) is 0 Å². The van der Waals surface area contributed by atoms with Gasteiger partial charge in [0.2, 0.25) is 5.91 Å². The standard InChI is InChI=1S/C14H20N2O4/c1-16(9-8-14(18)19)13(17)7-4-10-20-12-6-3-2-5-11(12)15/h2-3,5-6H,4,7-10,15H2,1H3,(H,18,19). The second-order valence-electron chi connectivity index (χ2n) is 4.45. The average molecular weight is 280 g/mol. The van der Waals surface area contributed by atoms with E-state index in [-0.39, 0.29) is 18.9 Å². The summed E-state index contributed by atoms with van der Waals surface area (Å²) in [5.41, 5.74) is 6.29. The fraction of sp³-hybridized carbons (Fsp3) is 0.429. The van der Waals surface area contributed by atoms with Crippen molar-refractivity contribution in [3.8, 4) is 5.75 Å². The fourth-order valence-electron chi connectivity index (χ4n) is 1.60. The third-order valence-corrected chi connectivity index (χ3v) is 2.80. The van der Waals surface area contributed by atoms with E-state index < -0.39 is 5.97 Å². The summed E-state index contributed by atoms with van der Waals surface area (Å²) in [7, 11) is 1.60. The molecule has 0 unspecified atom stereocenters. The minimum atomic E-state index is -0.910. The molecule has 1 rings (SSSR count). The van der Waals surface area contributed by atoms with Crippen LogP contribution >= 0.6 is 0 Å². The van der Waals surface area contributed by atoms with Gasteiger partial charge < -0.3 is 20.5 Å². The highest BCUT2D eigenvalue weighted by molar-refractivity contribution is 5.76. The Morgan fingerprint density at radius 1 is 1.30 bits per heavy atom. The lowest BCUT2D eigenvalue weighted by Gasteiger charge is -2.16. The highest BCUT2D eigenvalue weighted by Gasteiger charge is 2.10. The number of nitrogens with zero attached hydrogens (tertiary/aromatic N) is 1. The largest absolute Gasteiger partial charge is 0.491 e. The number of carbonyl (C=O) groups is 2. The Hall–Kier alpha value is -2.24. The van der Waals surface area contributed by atoms with E-state index in [1.807, 2.05) is 12.1 Å². The summed E-state index contributed by atoms with van der Waals surface area (Å²) in [6.07, 6.45) is 0.840. The number of ether oxygens (including phenoxy) is 1. The Balaban J connectivity index is 2.22. The van der Waals surface area contributed by atoms with Gasteiger partial charge in [0.25, 0.3) is 0 Å². The van der Waals surface area contributed by atoms with Gasteiger partial charge in [-0.15, -0.1) is 0 Å². The summed E-state index contributed by atoms with van der Waals surface area (Å²) in [5, 5.41) is 8.54. The van der Waals surface area contributed by atoms with Gasteiger partial charge in [0.05, 0.1) is 18.7 Å². The van der Waals surface area contributed by atoms with Crippen LogP contribution in [0.15, 0.2) is 24.3 Å². The predicted molar refractivity (Wildman–Crippen MR) is 75.5 cm³/mol. The van der Waals surface area contributed by atoms with Crippen LogP contribution in [0.5, 0.6) is 5.75 Å². The van der Waals surface area contributed by atoms with Gasteiger partial charge in [0, 0.05) is 20.0 Å². The molecule has 0 bridgehead atoms. The molecule has 0 aliphatic rings. The molecule has 0 aliphatic heterocycles. The van der Waals surface area contributed by atoms with Crippen LogP contribution in [0.3, 0.4) is 0 Å². The third-order valence-electron chi connectivity index (χ3n) is 2.80. The second-order valence-corrected chi connectivity index (χ2v) is 4.45. The van der Waals surface area contributed by atoms with Crippen LogP contribution < -0.4 is 10.5 Å². The first-order valence-corrected chi connectivity index (χ1v) is 6.43. The van der Waals surface area contributed by atoms with Gasteiger partial charge in [-0.3, -0.25) is 9.59 Å². The number of amides is 1. The van der Waals surface area contributed by atoms with Crippen molar-refractivity contribution in [3.05, 3.63) is 24.3 Å². The number of para-hydroxylation sites is 2. The van der Waals surface area contributed by atoms with E-state index in [0.29, 0.717) is 30.9 Å². The van der Waals surface area contributed by atoms with Crippen LogP contribution in [0.1, 0.15) is 19.3 Å². The molecule has 0 aromatic heterocycles. The van der Waals surface area contributed by atoms with Crippen LogP contribution in [-0.2, 0) is 9.59 Å². The lowest BCUT2D eigenvalue weighted by Crippen LogP contribution is -2.29. The molecule has 1 amide bonds. The molecule has 110 valence electrons. The van der Waals surface area contributed by atoms with Crippen LogP contribution in [0, 0.1) is 0 Å². The van der Waals surface area contributed by atoms with E-state index >= 15 is 0 Å². The number of hydrogen-bond donors (Lipinski definition) is 2. The summed E-state index contributed by atoms with van der Waals surface area (Å²) >= 11 is 0. The van der Waals surface area contributed by atoms with E-state index in [9.17, 15) is 9.59 Å². The van der Waals surface area contributed by atoms with Gasteiger partial charge in [-0.1, -0.05) is 12.1 Å². The summed E-state index contributed by atoms with van der Waals surface area (Å²) in [6.45, 7) is 0.618. The van der Waals surface area contributed by atoms with Gasteiger partial charge in [-0.05, 0) is 18.6 Å². The number of carboxylic acids is 1. The van der Waals surface area contributed by atoms with Crippen LogP contribution in [0.25, 0.3) is 0 Å². The maximum Gasteiger partial charge on any atom is 0.305 e. The molecule has 0 saturated carbocycles. The Kier molecular flexibility index (Phi) is 6.36. The summed E-state index contributed by atoms with van der Waals surface area (Å²) in [5.74, 6) is -0.386. The molecule has 0 heterocycles. The third kappa shape index (κ3) is 5.60. The van der Waals surface area contributed by atoms with Crippen LogP contribution in [0.2, 0.25) is 0 Å². The minimum Gasteiger partial charge on any atom is -0.491 e. The first kappa shape index (κ1) is 15.8. The molecular weight excluding hydrogens is 260 g/mol. The Labute approximate surface area is 118 Å². The van der Waals surface area contributed by atoms with Crippen molar-refractivity contribution in [2.75, 3.05) is 25.9 Å². The SMILES string of the molecule is CN(CCC(=O)O)C(=O)CCCOc1ccccc1N. The molecule has 0 atom stereocenters.